The SMILES string of the molecule is [2H]c1c([2H])c([2H])c(-c2c3ccccc3c(-c3ccc(-n4c5ccccc5c5ccccc54)cc3)c3ccccc23)c([2H])c1[2H]. The van der Waals surface area contributed by atoms with Crippen LogP contribution in [0, 0.1) is 0 Å². The van der Waals surface area contributed by atoms with Crippen molar-refractivity contribution in [1.82, 2.24) is 4.57 Å². The van der Waals surface area contributed by atoms with E-state index >= 15 is 0 Å². The normalized spacial score (nSPS) is 13.4. The number of rotatable bonds is 3. The molecule has 0 bridgehead atoms. The Morgan fingerprint density at radius 3 is 1.28 bits per heavy atom. The molecule has 0 amide bonds. The van der Waals surface area contributed by atoms with Gasteiger partial charge in [0.2, 0.25) is 0 Å². The highest BCUT2D eigenvalue weighted by Crippen LogP contribution is 2.43. The summed E-state index contributed by atoms with van der Waals surface area (Å²) < 4.78 is 44.7. The highest BCUT2D eigenvalue weighted by molar-refractivity contribution is 6.21. The minimum Gasteiger partial charge on any atom is -0.309 e. The van der Waals surface area contributed by atoms with Gasteiger partial charge in [0.05, 0.1) is 17.9 Å². The van der Waals surface area contributed by atoms with Gasteiger partial charge in [-0.25, -0.2) is 0 Å². The van der Waals surface area contributed by atoms with E-state index in [0.29, 0.717) is 5.56 Å². The molecule has 0 saturated heterocycles. The Kier molecular flexibility index (Phi) is 3.89. The topological polar surface area (TPSA) is 4.93 Å². The molecule has 8 aromatic rings. The molecule has 1 aromatic heterocycles. The van der Waals surface area contributed by atoms with Gasteiger partial charge in [-0.1, -0.05) is 127 Å². The zero-order valence-corrected chi connectivity index (χ0v) is 21.0. The van der Waals surface area contributed by atoms with Crippen molar-refractivity contribution in [1.29, 1.82) is 0 Å². The van der Waals surface area contributed by atoms with Gasteiger partial charge in [-0.05, 0) is 68.1 Å². The van der Waals surface area contributed by atoms with Gasteiger partial charge in [0, 0.05) is 16.5 Å². The maximum Gasteiger partial charge on any atom is 0.0629 e. The predicted octanol–water partition coefficient (Wildman–Crippen LogP) is 10.4. The monoisotopic (exact) mass is 500 g/mol. The van der Waals surface area contributed by atoms with Crippen molar-refractivity contribution in [2.75, 3.05) is 0 Å². The molecule has 1 heterocycles. The van der Waals surface area contributed by atoms with Gasteiger partial charge in [0.25, 0.3) is 0 Å². The first-order valence-electron chi connectivity index (χ1n) is 15.6. The molecule has 0 fully saturated rings. The highest BCUT2D eigenvalue weighted by atomic mass is 15.0. The standard InChI is InChI=1S/C38H25N/c1-2-12-26(13-3-1)37-31-16-4-6-18-33(31)38(34-19-7-5-17-32(34)37)27-22-24-28(25-23-27)39-35-20-10-8-14-29(35)30-15-9-11-21-36(30)39/h1-25H/i1D,2D,3D,12D,13D. The third-order valence-electron chi connectivity index (χ3n) is 7.68. The summed E-state index contributed by atoms with van der Waals surface area (Å²) in [5.41, 5.74) is 6.32. The van der Waals surface area contributed by atoms with Crippen molar-refractivity contribution in [3.8, 4) is 27.9 Å². The van der Waals surface area contributed by atoms with E-state index in [4.69, 9.17) is 6.85 Å². The Morgan fingerprint density at radius 1 is 0.385 bits per heavy atom. The fraction of sp³-hybridized carbons (Fsp3) is 0. The van der Waals surface area contributed by atoms with Gasteiger partial charge in [0.1, 0.15) is 0 Å². The molecule has 0 N–H and O–H groups in total. The Morgan fingerprint density at radius 2 is 0.795 bits per heavy atom. The lowest BCUT2D eigenvalue weighted by Crippen LogP contribution is -1.94. The summed E-state index contributed by atoms with van der Waals surface area (Å²) in [6.45, 7) is 0. The van der Waals surface area contributed by atoms with Gasteiger partial charge >= 0.3 is 0 Å². The van der Waals surface area contributed by atoms with Crippen molar-refractivity contribution in [2.45, 2.75) is 0 Å². The third kappa shape index (κ3) is 3.34. The number of para-hydroxylation sites is 2. The van der Waals surface area contributed by atoms with E-state index in [-0.39, 0.29) is 29.7 Å². The number of hydrogen-bond donors (Lipinski definition) is 0. The van der Waals surface area contributed by atoms with Crippen LogP contribution in [0.15, 0.2) is 152 Å². The van der Waals surface area contributed by atoms with Crippen molar-refractivity contribution >= 4 is 43.4 Å². The number of nitrogens with zero attached hydrogens (tertiary/aromatic N) is 1. The lowest BCUT2D eigenvalue weighted by atomic mass is 9.86. The van der Waals surface area contributed by atoms with Gasteiger partial charge < -0.3 is 4.57 Å². The minimum absolute atomic E-state index is 0.199. The molecule has 7 aromatic carbocycles. The Bertz CT molecular complexity index is 2300. The molecule has 39 heavy (non-hydrogen) atoms. The molecule has 0 radical (unpaired) electrons. The van der Waals surface area contributed by atoms with Gasteiger partial charge in [-0.3, -0.25) is 0 Å². The van der Waals surface area contributed by atoms with E-state index in [1.54, 1.807) is 0 Å². The van der Waals surface area contributed by atoms with Crippen LogP contribution in [0.3, 0.4) is 0 Å². The van der Waals surface area contributed by atoms with Crippen molar-refractivity contribution < 1.29 is 6.85 Å². The lowest BCUT2D eigenvalue weighted by Gasteiger charge is -2.18. The molecule has 0 atom stereocenters. The molecule has 0 aliphatic carbocycles. The quantitative estimate of drug-likeness (QED) is 0.213. The van der Waals surface area contributed by atoms with Crippen LogP contribution in [0.1, 0.15) is 6.85 Å². The fourth-order valence-corrected chi connectivity index (χ4v) is 6.06. The van der Waals surface area contributed by atoms with E-state index in [1.807, 2.05) is 36.4 Å². The zero-order chi connectivity index (χ0) is 30.1. The van der Waals surface area contributed by atoms with Gasteiger partial charge in [0.15, 0.2) is 0 Å². The van der Waals surface area contributed by atoms with Gasteiger partial charge in [-0.15, -0.1) is 0 Å². The van der Waals surface area contributed by atoms with Crippen LogP contribution in [-0.2, 0) is 0 Å². The summed E-state index contributed by atoms with van der Waals surface area (Å²) in [7, 11) is 0. The Labute approximate surface area is 234 Å². The van der Waals surface area contributed by atoms with Crippen molar-refractivity contribution in [2.24, 2.45) is 0 Å². The Hall–Kier alpha value is -5.14. The summed E-state index contributed by atoms with van der Waals surface area (Å²) in [5, 5.41) is 6.02. The molecule has 0 unspecified atom stereocenters. The van der Waals surface area contributed by atoms with E-state index < -0.39 is 6.04 Å². The van der Waals surface area contributed by atoms with E-state index in [2.05, 4.69) is 89.5 Å². The van der Waals surface area contributed by atoms with Crippen LogP contribution in [0.2, 0.25) is 0 Å². The number of aromatic nitrogens is 1. The average Bonchev–Trinajstić information content (AvgIpc) is 3.41. The predicted molar refractivity (Wildman–Crippen MR) is 167 cm³/mol. The first-order chi connectivity index (χ1) is 21.5. The summed E-state index contributed by atoms with van der Waals surface area (Å²) in [6.07, 6.45) is 0. The molecule has 0 saturated carbocycles. The second-order valence-corrected chi connectivity index (χ2v) is 9.76. The zero-order valence-electron chi connectivity index (χ0n) is 26.0. The first-order valence-corrected chi connectivity index (χ1v) is 13.1. The molecule has 0 aliphatic rings. The molecule has 8 rings (SSSR count). The summed E-state index contributed by atoms with van der Waals surface area (Å²) >= 11 is 0. The second-order valence-electron chi connectivity index (χ2n) is 9.76. The summed E-state index contributed by atoms with van der Waals surface area (Å²) in [5.74, 6) is 0. The maximum atomic E-state index is 8.77. The van der Waals surface area contributed by atoms with E-state index in [1.165, 1.54) is 10.8 Å². The first kappa shape index (κ1) is 17.4. The summed E-state index contributed by atoms with van der Waals surface area (Å²) in [4.78, 5) is 0. The largest absolute Gasteiger partial charge is 0.309 e. The smallest absolute Gasteiger partial charge is 0.0629 e. The van der Waals surface area contributed by atoms with E-state index in [0.717, 1.165) is 49.4 Å². The lowest BCUT2D eigenvalue weighted by molar-refractivity contribution is 1.18. The van der Waals surface area contributed by atoms with Crippen molar-refractivity contribution in [3.63, 3.8) is 0 Å². The Balaban J connectivity index is 1.40. The van der Waals surface area contributed by atoms with Crippen LogP contribution in [0.4, 0.5) is 0 Å². The van der Waals surface area contributed by atoms with Crippen LogP contribution in [0.25, 0.3) is 71.3 Å². The van der Waals surface area contributed by atoms with E-state index in [9.17, 15) is 0 Å². The van der Waals surface area contributed by atoms with Crippen LogP contribution >= 0.6 is 0 Å². The highest BCUT2D eigenvalue weighted by Gasteiger charge is 2.17. The van der Waals surface area contributed by atoms with Crippen LogP contribution in [0.5, 0.6) is 0 Å². The van der Waals surface area contributed by atoms with Crippen molar-refractivity contribution in [3.05, 3.63) is 152 Å². The van der Waals surface area contributed by atoms with Gasteiger partial charge in [-0.2, -0.15) is 0 Å². The minimum atomic E-state index is -0.391. The molecule has 0 aliphatic heterocycles. The fourth-order valence-electron chi connectivity index (χ4n) is 6.06. The molecule has 1 nitrogen and oxygen atoms in total. The second kappa shape index (κ2) is 8.72. The number of hydrogen-bond acceptors (Lipinski definition) is 0. The number of fused-ring (bicyclic) bond motifs is 5. The number of benzene rings is 7. The molecule has 1 heteroatoms. The van der Waals surface area contributed by atoms with Crippen LogP contribution < -0.4 is 0 Å². The third-order valence-corrected chi connectivity index (χ3v) is 7.68. The van der Waals surface area contributed by atoms with Crippen LogP contribution in [-0.4, -0.2) is 4.57 Å². The molecule has 0 spiro atoms. The average molecular weight is 501 g/mol. The molecular formula is C38H25N. The molecule has 182 valence electrons. The summed E-state index contributed by atoms with van der Waals surface area (Å²) in [6, 6.07) is 40.0. The molecular weight excluding hydrogens is 470 g/mol. The maximum absolute atomic E-state index is 8.77.